The Kier molecular flexibility index (Phi) is 5.24. The first-order valence-electron chi connectivity index (χ1n) is 6.99. The first kappa shape index (κ1) is 15.1. The Balaban J connectivity index is 2.31. The van der Waals surface area contributed by atoms with Crippen molar-refractivity contribution in [2.75, 3.05) is 0 Å². The molecule has 1 fully saturated rings. The van der Waals surface area contributed by atoms with Gasteiger partial charge in [-0.3, -0.25) is 0 Å². The molecular weight excluding hydrogens is 226 g/mol. The van der Waals surface area contributed by atoms with Crippen LogP contribution in [0.2, 0.25) is 0 Å². The summed E-state index contributed by atoms with van der Waals surface area (Å²) < 4.78 is 5.27. The summed E-state index contributed by atoms with van der Waals surface area (Å²) in [6, 6.07) is 0.265. The fraction of sp³-hybridized carbons (Fsp3) is 0.800. The maximum absolute atomic E-state index is 11.6. The molecule has 0 radical (unpaired) electrons. The Morgan fingerprint density at radius 3 is 2.28 bits per heavy atom. The van der Waals surface area contributed by atoms with Crippen LogP contribution in [0.3, 0.4) is 0 Å². The maximum Gasteiger partial charge on any atom is 0.407 e. The maximum atomic E-state index is 11.6. The van der Waals surface area contributed by atoms with Crippen molar-refractivity contribution in [2.45, 2.75) is 71.4 Å². The lowest BCUT2D eigenvalue weighted by atomic mass is 9.81. The van der Waals surface area contributed by atoms with Gasteiger partial charge in [-0.2, -0.15) is 0 Å². The second-order valence-electron chi connectivity index (χ2n) is 6.21. The van der Waals surface area contributed by atoms with Crippen molar-refractivity contribution in [3.05, 3.63) is 12.2 Å². The zero-order valence-electron chi connectivity index (χ0n) is 12.2. The molecule has 104 valence electrons. The molecule has 0 aromatic carbocycles. The van der Waals surface area contributed by atoms with Gasteiger partial charge in [-0.1, -0.05) is 19.1 Å². The van der Waals surface area contributed by atoms with Gasteiger partial charge in [0, 0.05) is 6.04 Å². The predicted molar refractivity (Wildman–Crippen MR) is 74.5 cm³/mol. The van der Waals surface area contributed by atoms with Gasteiger partial charge in [0.15, 0.2) is 0 Å². The van der Waals surface area contributed by atoms with Crippen molar-refractivity contribution in [2.24, 2.45) is 5.92 Å². The molecule has 1 amide bonds. The van der Waals surface area contributed by atoms with Gasteiger partial charge in [-0.05, 0) is 58.8 Å². The third-order valence-electron chi connectivity index (χ3n) is 3.48. The highest BCUT2D eigenvalue weighted by molar-refractivity contribution is 5.68. The Bertz CT molecular complexity index is 296. The van der Waals surface area contributed by atoms with Crippen LogP contribution < -0.4 is 5.32 Å². The zero-order chi connectivity index (χ0) is 13.8. The van der Waals surface area contributed by atoms with Crippen LogP contribution in [0.25, 0.3) is 0 Å². The summed E-state index contributed by atoms with van der Waals surface area (Å²) in [6.45, 7) is 11.9. The number of nitrogens with one attached hydrogen (secondary N) is 1. The number of rotatable bonds is 3. The lowest BCUT2D eigenvalue weighted by Crippen LogP contribution is -2.41. The largest absolute Gasteiger partial charge is 0.444 e. The van der Waals surface area contributed by atoms with E-state index in [2.05, 4.69) is 18.8 Å². The molecule has 0 aromatic rings. The SMILES string of the molecule is C=C(CC)C1CCC(NC(=O)OC(C)(C)C)CC1. The van der Waals surface area contributed by atoms with Crippen molar-refractivity contribution in [3.63, 3.8) is 0 Å². The first-order valence-corrected chi connectivity index (χ1v) is 6.99. The molecule has 1 saturated carbocycles. The van der Waals surface area contributed by atoms with Gasteiger partial charge in [-0.15, -0.1) is 0 Å². The van der Waals surface area contributed by atoms with Crippen molar-refractivity contribution in [1.29, 1.82) is 0 Å². The topological polar surface area (TPSA) is 38.3 Å². The number of carbonyl (C=O) groups is 1. The summed E-state index contributed by atoms with van der Waals surface area (Å²) in [5, 5.41) is 2.96. The predicted octanol–water partition coefficient (Wildman–Crippen LogP) is 4.04. The van der Waals surface area contributed by atoms with E-state index in [9.17, 15) is 4.79 Å². The summed E-state index contributed by atoms with van der Waals surface area (Å²) in [5.41, 5.74) is 0.934. The summed E-state index contributed by atoms with van der Waals surface area (Å²) in [5.74, 6) is 0.645. The number of amides is 1. The number of hydrogen-bond acceptors (Lipinski definition) is 2. The van der Waals surface area contributed by atoms with Gasteiger partial charge in [-0.25, -0.2) is 4.79 Å². The lowest BCUT2D eigenvalue weighted by molar-refractivity contribution is 0.0489. The lowest BCUT2D eigenvalue weighted by Gasteiger charge is -2.30. The van der Waals surface area contributed by atoms with Gasteiger partial charge >= 0.3 is 6.09 Å². The number of alkyl carbamates (subject to hydrolysis) is 1. The molecule has 0 spiro atoms. The first-order chi connectivity index (χ1) is 8.31. The summed E-state index contributed by atoms with van der Waals surface area (Å²) in [7, 11) is 0. The molecule has 1 N–H and O–H groups in total. The summed E-state index contributed by atoms with van der Waals surface area (Å²) >= 11 is 0. The van der Waals surface area contributed by atoms with Crippen molar-refractivity contribution >= 4 is 6.09 Å². The highest BCUT2D eigenvalue weighted by Crippen LogP contribution is 2.30. The molecule has 0 unspecified atom stereocenters. The minimum atomic E-state index is -0.419. The normalized spacial score (nSPS) is 24.4. The van der Waals surface area contributed by atoms with Crippen LogP contribution in [0.4, 0.5) is 4.79 Å². The van der Waals surface area contributed by atoms with Crippen LogP contribution in [0.1, 0.15) is 59.8 Å². The molecule has 1 aliphatic carbocycles. The molecule has 18 heavy (non-hydrogen) atoms. The van der Waals surface area contributed by atoms with Crippen molar-refractivity contribution in [3.8, 4) is 0 Å². The molecule has 1 rings (SSSR count). The second-order valence-corrected chi connectivity index (χ2v) is 6.21. The molecular formula is C15H27NO2. The average Bonchev–Trinajstić information content (AvgIpc) is 2.26. The highest BCUT2D eigenvalue weighted by atomic mass is 16.6. The smallest absolute Gasteiger partial charge is 0.407 e. The Hall–Kier alpha value is -0.990. The van der Waals surface area contributed by atoms with Crippen LogP contribution in [-0.4, -0.2) is 17.7 Å². The summed E-state index contributed by atoms with van der Waals surface area (Å²) in [6.07, 6.45) is 5.10. The molecule has 0 aromatic heterocycles. The van der Waals surface area contributed by atoms with E-state index >= 15 is 0 Å². The quantitative estimate of drug-likeness (QED) is 0.771. The fourth-order valence-corrected chi connectivity index (χ4v) is 2.41. The molecule has 0 saturated heterocycles. The highest BCUT2D eigenvalue weighted by Gasteiger charge is 2.25. The fourth-order valence-electron chi connectivity index (χ4n) is 2.41. The van der Waals surface area contributed by atoms with Crippen LogP contribution in [0.15, 0.2) is 12.2 Å². The average molecular weight is 253 g/mol. The van der Waals surface area contributed by atoms with Gasteiger partial charge in [0.25, 0.3) is 0 Å². The number of allylic oxidation sites excluding steroid dienone is 1. The van der Waals surface area contributed by atoms with Gasteiger partial charge in [0.2, 0.25) is 0 Å². The Morgan fingerprint density at radius 1 is 1.28 bits per heavy atom. The van der Waals surface area contributed by atoms with Crippen LogP contribution >= 0.6 is 0 Å². The third-order valence-corrected chi connectivity index (χ3v) is 3.48. The van der Waals surface area contributed by atoms with Crippen molar-refractivity contribution < 1.29 is 9.53 Å². The molecule has 0 aliphatic heterocycles. The monoisotopic (exact) mass is 253 g/mol. The molecule has 3 nitrogen and oxygen atoms in total. The van der Waals surface area contributed by atoms with E-state index < -0.39 is 5.60 Å². The third kappa shape index (κ3) is 5.11. The van der Waals surface area contributed by atoms with Crippen LogP contribution in [-0.2, 0) is 4.74 Å². The number of carbonyl (C=O) groups excluding carboxylic acids is 1. The van der Waals surface area contributed by atoms with Gasteiger partial charge < -0.3 is 10.1 Å². The standard InChI is InChI=1S/C15H27NO2/c1-6-11(2)12-7-9-13(10-8-12)16-14(17)18-15(3,4)5/h12-13H,2,6-10H2,1,3-5H3,(H,16,17). The second kappa shape index (κ2) is 6.26. The minimum absolute atomic E-state index is 0.265. The van der Waals surface area contributed by atoms with Gasteiger partial charge in [0.05, 0.1) is 0 Å². The molecule has 0 heterocycles. The van der Waals surface area contributed by atoms with E-state index in [-0.39, 0.29) is 12.1 Å². The number of hydrogen-bond donors (Lipinski definition) is 1. The molecule has 3 heteroatoms. The molecule has 1 aliphatic rings. The van der Waals surface area contributed by atoms with Crippen LogP contribution in [0.5, 0.6) is 0 Å². The zero-order valence-corrected chi connectivity index (χ0v) is 12.2. The summed E-state index contributed by atoms with van der Waals surface area (Å²) in [4.78, 5) is 11.6. The van der Waals surface area contributed by atoms with E-state index in [0.717, 1.165) is 32.1 Å². The van der Waals surface area contributed by atoms with E-state index in [1.165, 1.54) is 5.57 Å². The minimum Gasteiger partial charge on any atom is -0.444 e. The number of ether oxygens (including phenoxy) is 1. The Labute approximate surface area is 111 Å². The van der Waals surface area contributed by atoms with E-state index in [4.69, 9.17) is 4.74 Å². The molecule has 0 atom stereocenters. The van der Waals surface area contributed by atoms with Crippen molar-refractivity contribution in [1.82, 2.24) is 5.32 Å². The Morgan fingerprint density at radius 2 is 1.83 bits per heavy atom. The van der Waals surface area contributed by atoms with E-state index in [0.29, 0.717) is 5.92 Å². The van der Waals surface area contributed by atoms with Crippen LogP contribution in [0, 0.1) is 5.92 Å². The van der Waals surface area contributed by atoms with E-state index in [1.807, 2.05) is 20.8 Å². The van der Waals surface area contributed by atoms with E-state index in [1.54, 1.807) is 0 Å². The molecule has 0 bridgehead atoms. The van der Waals surface area contributed by atoms with Gasteiger partial charge in [0.1, 0.15) is 5.60 Å².